The number of carbonyl (C=O) groups excluding carboxylic acids is 1. The van der Waals surface area contributed by atoms with E-state index in [4.69, 9.17) is 4.74 Å². The highest BCUT2D eigenvalue weighted by Gasteiger charge is 2.15. The summed E-state index contributed by atoms with van der Waals surface area (Å²) in [6.45, 7) is 4.38. The van der Waals surface area contributed by atoms with Gasteiger partial charge in [0.1, 0.15) is 5.75 Å². The van der Waals surface area contributed by atoms with Gasteiger partial charge in [0.25, 0.3) is 15.9 Å². The lowest BCUT2D eigenvalue weighted by molar-refractivity contribution is 0.102. The molecule has 29 heavy (non-hydrogen) atoms. The highest BCUT2D eigenvalue weighted by Crippen LogP contribution is 2.20. The topological polar surface area (TPSA) is 84.5 Å². The maximum atomic E-state index is 12.6. The lowest BCUT2D eigenvalue weighted by Gasteiger charge is -2.10. The number of benzene rings is 3. The van der Waals surface area contributed by atoms with Crippen LogP contribution >= 0.6 is 0 Å². The molecule has 0 aliphatic rings. The molecule has 0 saturated carbocycles. The number of ether oxygens (including phenoxy) is 1. The number of amides is 1. The Balaban J connectivity index is 1.69. The zero-order chi connectivity index (χ0) is 20.9. The normalized spacial score (nSPS) is 11.0. The molecule has 0 heterocycles. The summed E-state index contributed by atoms with van der Waals surface area (Å²) in [7, 11) is -3.77. The number of hydrogen-bond acceptors (Lipinski definition) is 4. The van der Waals surface area contributed by atoms with Crippen LogP contribution in [0.5, 0.6) is 5.75 Å². The number of hydrogen-bond donors (Lipinski definition) is 2. The fourth-order valence-corrected chi connectivity index (χ4v) is 3.68. The van der Waals surface area contributed by atoms with E-state index in [0.29, 0.717) is 29.3 Å². The smallest absolute Gasteiger partial charge is 0.261 e. The SMILES string of the molecule is CCOc1ccc(NS(=O)(=O)c2ccc(C(=O)Nc3ccc(C)cc3)cc2)cc1. The predicted octanol–water partition coefficient (Wildman–Crippen LogP) is 4.45. The van der Waals surface area contributed by atoms with Crippen molar-refractivity contribution in [2.45, 2.75) is 18.7 Å². The van der Waals surface area contributed by atoms with Crippen LogP contribution in [-0.4, -0.2) is 20.9 Å². The van der Waals surface area contributed by atoms with Crippen LogP contribution in [0.25, 0.3) is 0 Å². The molecular weight excluding hydrogens is 388 g/mol. The van der Waals surface area contributed by atoms with Crippen molar-refractivity contribution in [3.8, 4) is 5.75 Å². The molecule has 0 unspecified atom stereocenters. The molecule has 2 N–H and O–H groups in total. The molecule has 6 nitrogen and oxygen atoms in total. The van der Waals surface area contributed by atoms with Crippen molar-refractivity contribution < 1.29 is 17.9 Å². The molecule has 0 aliphatic carbocycles. The molecule has 1 amide bonds. The van der Waals surface area contributed by atoms with Gasteiger partial charge in [-0.1, -0.05) is 17.7 Å². The minimum atomic E-state index is -3.77. The van der Waals surface area contributed by atoms with Crippen LogP contribution < -0.4 is 14.8 Å². The lowest BCUT2D eigenvalue weighted by atomic mass is 10.2. The highest BCUT2D eigenvalue weighted by atomic mass is 32.2. The van der Waals surface area contributed by atoms with Crippen molar-refractivity contribution in [3.63, 3.8) is 0 Å². The second-order valence-electron chi connectivity index (χ2n) is 6.41. The van der Waals surface area contributed by atoms with Gasteiger partial charge in [-0.15, -0.1) is 0 Å². The zero-order valence-corrected chi connectivity index (χ0v) is 17.0. The van der Waals surface area contributed by atoms with E-state index >= 15 is 0 Å². The lowest BCUT2D eigenvalue weighted by Crippen LogP contribution is -2.14. The number of rotatable bonds is 7. The van der Waals surface area contributed by atoms with Crippen molar-refractivity contribution in [3.05, 3.63) is 83.9 Å². The molecule has 0 aliphatic heterocycles. The number of aryl methyl sites for hydroxylation is 1. The van der Waals surface area contributed by atoms with Gasteiger partial charge < -0.3 is 10.1 Å². The Hall–Kier alpha value is -3.32. The summed E-state index contributed by atoms with van der Waals surface area (Å²) in [4.78, 5) is 12.4. The van der Waals surface area contributed by atoms with Crippen LogP contribution in [0.1, 0.15) is 22.8 Å². The molecule has 0 fully saturated rings. The molecule has 3 aromatic carbocycles. The van der Waals surface area contributed by atoms with Gasteiger partial charge in [0, 0.05) is 16.9 Å². The Kier molecular flexibility index (Phi) is 6.19. The van der Waals surface area contributed by atoms with Crippen LogP contribution in [0.15, 0.2) is 77.7 Å². The summed E-state index contributed by atoms with van der Waals surface area (Å²) < 4.78 is 33.0. The van der Waals surface area contributed by atoms with Gasteiger partial charge in [0.15, 0.2) is 0 Å². The molecule has 0 atom stereocenters. The minimum Gasteiger partial charge on any atom is -0.494 e. The van der Waals surface area contributed by atoms with E-state index in [9.17, 15) is 13.2 Å². The van der Waals surface area contributed by atoms with Gasteiger partial charge in [-0.2, -0.15) is 0 Å². The van der Waals surface area contributed by atoms with Gasteiger partial charge in [0.05, 0.1) is 11.5 Å². The first-order valence-electron chi connectivity index (χ1n) is 9.11. The first-order chi connectivity index (χ1) is 13.9. The monoisotopic (exact) mass is 410 g/mol. The fraction of sp³-hybridized carbons (Fsp3) is 0.136. The van der Waals surface area contributed by atoms with Crippen molar-refractivity contribution in [2.24, 2.45) is 0 Å². The largest absolute Gasteiger partial charge is 0.494 e. The Morgan fingerprint density at radius 1 is 0.862 bits per heavy atom. The van der Waals surface area contributed by atoms with Gasteiger partial charge in [-0.05, 0) is 74.5 Å². The molecule has 150 valence electrons. The number of anilines is 2. The predicted molar refractivity (Wildman–Crippen MR) is 114 cm³/mol. The molecule has 0 saturated heterocycles. The van der Waals surface area contributed by atoms with E-state index in [1.165, 1.54) is 24.3 Å². The van der Waals surface area contributed by atoms with Gasteiger partial charge in [-0.3, -0.25) is 9.52 Å². The number of nitrogens with one attached hydrogen (secondary N) is 2. The summed E-state index contributed by atoms with van der Waals surface area (Å²) in [6, 6.07) is 19.8. The molecule has 7 heteroatoms. The first-order valence-corrected chi connectivity index (χ1v) is 10.6. The fourth-order valence-electron chi connectivity index (χ4n) is 2.63. The van der Waals surface area contributed by atoms with Crippen molar-refractivity contribution in [1.82, 2.24) is 0 Å². The van der Waals surface area contributed by atoms with Crippen LogP contribution in [0.2, 0.25) is 0 Å². The van der Waals surface area contributed by atoms with Crippen molar-refractivity contribution in [1.29, 1.82) is 0 Å². The molecule has 0 aromatic heterocycles. The van der Waals surface area contributed by atoms with Gasteiger partial charge in [-0.25, -0.2) is 8.42 Å². The van der Waals surface area contributed by atoms with Crippen LogP contribution in [0, 0.1) is 6.92 Å². The Morgan fingerprint density at radius 2 is 1.45 bits per heavy atom. The van der Waals surface area contributed by atoms with E-state index in [2.05, 4.69) is 10.0 Å². The minimum absolute atomic E-state index is 0.0678. The molecule has 3 rings (SSSR count). The van der Waals surface area contributed by atoms with E-state index in [1.54, 1.807) is 24.3 Å². The van der Waals surface area contributed by atoms with Crippen LogP contribution in [0.3, 0.4) is 0 Å². The molecule has 3 aromatic rings. The first kappa shape index (κ1) is 20.4. The Labute approximate surface area is 170 Å². The van der Waals surface area contributed by atoms with Gasteiger partial charge in [0.2, 0.25) is 0 Å². The third-order valence-electron chi connectivity index (χ3n) is 4.15. The third-order valence-corrected chi connectivity index (χ3v) is 5.55. The second-order valence-corrected chi connectivity index (χ2v) is 8.09. The van der Waals surface area contributed by atoms with Crippen molar-refractivity contribution >= 4 is 27.3 Å². The average molecular weight is 410 g/mol. The molecular formula is C22H22N2O4S. The number of sulfonamides is 1. The third kappa shape index (κ3) is 5.36. The van der Waals surface area contributed by atoms with E-state index in [1.807, 2.05) is 38.1 Å². The molecule has 0 radical (unpaired) electrons. The number of carbonyl (C=O) groups is 1. The highest BCUT2D eigenvalue weighted by molar-refractivity contribution is 7.92. The van der Waals surface area contributed by atoms with E-state index < -0.39 is 10.0 Å². The van der Waals surface area contributed by atoms with Crippen molar-refractivity contribution in [2.75, 3.05) is 16.6 Å². The van der Waals surface area contributed by atoms with Crippen LogP contribution in [0.4, 0.5) is 11.4 Å². The van der Waals surface area contributed by atoms with E-state index in [0.717, 1.165) is 5.56 Å². The summed E-state index contributed by atoms with van der Waals surface area (Å²) >= 11 is 0. The average Bonchev–Trinajstić information content (AvgIpc) is 2.71. The van der Waals surface area contributed by atoms with Gasteiger partial charge >= 0.3 is 0 Å². The standard InChI is InChI=1S/C22H22N2O4S/c1-3-28-20-12-10-19(11-13-20)24-29(26,27)21-14-6-17(7-15-21)22(25)23-18-8-4-16(2)5-9-18/h4-15,24H,3H2,1-2H3,(H,23,25). The van der Waals surface area contributed by atoms with Crippen LogP contribution in [-0.2, 0) is 10.0 Å². The summed E-state index contributed by atoms with van der Waals surface area (Å²) in [5.41, 5.74) is 2.56. The maximum absolute atomic E-state index is 12.6. The Morgan fingerprint density at radius 3 is 2.03 bits per heavy atom. The summed E-state index contributed by atoms with van der Waals surface area (Å²) in [5, 5.41) is 2.78. The van der Waals surface area contributed by atoms with E-state index in [-0.39, 0.29) is 10.8 Å². The summed E-state index contributed by atoms with van der Waals surface area (Å²) in [6.07, 6.45) is 0. The zero-order valence-electron chi connectivity index (χ0n) is 16.2. The Bertz CT molecular complexity index is 1080. The summed E-state index contributed by atoms with van der Waals surface area (Å²) in [5.74, 6) is 0.358. The quantitative estimate of drug-likeness (QED) is 0.603. The second kappa shape index (κ2) is 8.79. The molecule has 0 bridgehead atoms. The maximum Gasteiger partial charge on any atom is 0.261 e. The molecule has 0 spiro atoms.